The molecule has 0 unspecified atom stereocenters. The highest BCUT2D eigenvalue weighted by atomic mass is 19.4. The molecule has 7 heteroatoms. The van der Waals surface area contributed by atoms with Gasteiger partial charge in [-0.25, -0.2) is 4.79 Å². The second kappa shape index (κ2) is 9.12. The Morgan fingerprint density at radius 2 is 1.54 bits per heavy atom. The summed E-state index contributed by atoms with van der Waals surface area (Å²) in [7, 11) is 0. The van der Waals surface area contributed by atoms with Gasteiger partial charge in [0.15, 0.2) is 0 Å². The summed E-state index contributed by atoms with van der Waals surface area (Å²) in [5, 5.41) is 7.12. The molecule has 132 valence electrons. The molecule has 0 atom stereocenters. The van der Waals surface area contributed by atoms with Crippen molar-refractivity contribution in [1.82, 2.24) is 9.47 Å². The summed E-state index contributed by atoms with van der Waals surface area (Å²) >= 11 is 0. The minimum atomic E-state index is -5.08. The first-order valence-electron chi connectivity index (χ1n) is 7.52. The number of hydrogen-bond acceptors (Lipinski definition) is 2. The summed E-state index contributed by atoms with van der Waals surface area (Å²) in [5.74, 6) is -2.76. The van der Waals surface area contributed by atoms with Crippen molar-refractivity contribution in [3.8, 4) is 5.69 Å². The van der Waals surface area contributed by atoms with E-state index < -0.39 is 12.1 Å². The number of nitrogens with zero attached hydrogens (tertiary/aromatic N) is 2. The van der Waals surface area contributed by atoms with Gasteiger partial charge in [-0.2, -0.15) is 13.2 Å². The average molecular weight is 342 g/mol. The van der Waals surface area contributed by atoms with Crippen LogP contribution in [0.3, 0.4) is 0 Å². The van der Waals surface area contributed by atoms with E-state index in [0.29, 0.717) is 0 Å². The number of halogens is 3. The fourth-order valence-electron chi connectivity index (χ4n) is 1.99. The van der Waals surface area contributed by atoms with Crippen LogP contribution in [-0.4, -0.2) is 39.8 Å². The molecular formula is C17H21F3N2O2. The number of aromatic nitrogens is 1. The molecule has 0 amide bonds. The van der Waals surface area contributed by atoms with E-state index in [0.717, 1.165) is 19.6 Å². The molecule has 2 rings (SSSR count). The van der Waals surface area contributed by atoms with Crippen molar-refractivity contribution in [2.24, 2.45) is 0 Å². The summed E-state index contributed by atoms with van der Waals surface area (Å²) in [6.07, 6.45) is -0.946. The third-order valence-corrected chi connectivity index (χ3v) is 3.38. The first-order valence-corrected chi connectivity index (χ1v) is 7.52. The Hall–Kier alpha value is -2.28. The van der Waals surface area contributed by atoms with Crippen LogP contribution < -0.4 is 0 Å². The van der Waals surface area contributed by atoms with Gasteiger partial charge in [-0.3, -0.25) is 4.90 Å². The van der Waals surface area contributed by atoms with Crippen molar-refractivity contribution in [1.29, 1.82) is 0 Å². The molecule has 0 aliphatic carbocycles. The van der Waals surface area contributed by atoms with E-state index in [1.54, 1.807) is 0 Å². The van der Waals surface area contributed by atoms with Crippen LogP contribution in [0.5, 0.6) is 0 Å². The maximum absolute atomic E-state index is 10.6. The first-order chi connectivity index (χ1) is 11.3. The predicted molar refractivity (Wildman–Crippen MR) is 86.1 cm³/mol. The molecule has 0 aliphatic rings. The van der Waals surface area contributed by atoms with Gasteiger partial charge in [0.2, 0.25) is 0 Å². The van der Waals surface area contributed by atoms with Crippen LogP contribution in [0.1, 0.15) is 19.4 Å². The number of rotatable bonds is 5. The number of hydrogen-bond donors (Lipinski definition) is 1. The SMILES string of the molecule is CCN(CC)Cc1ccc(-n2cccc2)cc1.O=C(O)C(F)(F)F. The molecule has 0 saturated carbocycles. The minimum Gasteiger partial charge on any atom is -0.475 e. The highest BCUT2D eigenvalue weighted by Crippen LogP contribution is 2.13. The van der Waals surface area contributed by atoms with Crippen LogP contribution in [0.15, 0.2) is 48.8 Å². The van der Waals surface area contributed by atoms with Crippen molar-refractivity contribution in [3.63, 3.8) is 0 Å². The van der Waals surface area contributed by atoms with Gasteiger partial charge in [0.05, 0.1) is 0 Å². The molecule has 0 fully saturated rings. The fraction of sp³-hybridized carbons (Fsp3) is 0.353. The molecule has 0 bridgehead atoms. The van der Waals surface area contributed by atoms with Gasteiger partial charge in [-0.15, -0.1) is 0 Å². The Morgan fingerprint density at radius 3 is 1.92 bits per heavy atom. The molecule has 24 heavy (non-hydrogen) atoms. The Balaban J connectivity index is 0.000000351. The lowest BCUT2D eigenvalue weighted by molar-refractivity contribution is -0.192. The molecular weight excluding hydrogens is 321 g/mol. The second-order valence-corrected chi connectivity index (χ2v) is 5.02. The van der Waals surface area contributed by atoms with E-state index in [1.807, 2.05) is 12.1 Å². The van der Waals surface area contributed by atoms with Crippen molar-refractivity contribution >= 4 is 5.97 Å². The molecule has 1 heterocycles. The van der Waals surface area contributed by atoms with Gasteiger partial charge in [0.1, 0.15) is 0 Å². The Labute approximate surface area is 139 Å². The van der Waals surface area contributed by atoms with Crippen molar-refractivity contribution < 1.29 is 23.1 Å². The zero-order chi connectivity index (χ0) is 18.2. The average Bonchev–Trinajstić information content (AvgIpc) is 3.07. The fourth-order valence-corrected chi connectivity index (χ4v) is 1.99. The van der Waals surface area contributed by atoms with Crippen LogP contribution in [0.4, 0.5) is 13.2 Å². The van der Waals surface area contributed by atoms with Gasteiger partial charge in [0, 0.05) is 24.6 Å². The van der Waals surface area contributed by atoms with Crippen molar-refractivity contribution in [2.75, 3.05) is 13.1 Å². The van der Waals surface area contributed by atoms with Gasteiger partial charge in [0.25, 0.3) is 0 Å². The molecule has 2 aromatic rings. The van der Waals surface area contributed by atoms with Crippen LogP contribution in [0.2, 0.25) is 0 Å². The number of carboxylic acid groups (broad SMARTS) is 1. The monoisotopic (exact) mass is 342 g/mol. The van der Waals surface area contributed by atoms with Gasteiger partial charge < -0.3 is 9.67 Å². The van der Waals surface area contributed by atoms with E-state index in [4.69, 9.17) is 9.90 Å². The lowest BCUT2D eigenvalue weighted by Crippen LogP contribution is -2.22. The molecule has 0 saturated heterocycles. The lowest BCUT2D eigenvalue weighted by atomic mass is 10.2. The highest BCUT2D eigenvalue weighted by molar-refractivity contribution is 5.73. The Bertz CT molecular complexity index is 604. The van der Waals surface area contributed by atoms with Gasteiger partial charge >= 0.3 is 12.1 Å². The van der Waals surface area contributed by atoms with Crippen molar-refractivity contribution in [2.45, 2.75) is 26.6 Å². The number of carboxylic acids is 1. The number of aliphatic carboxylic acids is 1. The smallest absolute Gasteiger partial charge is 0.475 e. The molecule has 0 spiro atoms. The summed E-state index contributed by atoms with van der Waals surface area (Å²) in [5.41, 5.74) is 2.60. The molecule has 1 aromatic heterocycles. The van der Waals surface area contributed by atoms with E-state index in [2.05, 4.69) is 60.0 Å². The Kier molecular flexibility index (Phi) is 7.51. The first kappa shape index (κ1) is 19.8. The number of alkyl halides is 3. The van der Waals surface area contributed by atoms with Crippen LogP contribution in [0, 0.1) is 0 Å². The normalized spacial score (nSPS) is 11.1. The van der Waals surface area contributed by atoms with Gasteiger partial charge in [-0.1, -0.05) is 26.0 Å². The molecule has 1 N–H and O–H groups in total. The maximum atomic E-state index is 10.6. The topological polar surface area (TPSA) is 45.5 Å². The summed E-state index contributed by atoms with van der Waals surface area (Å²) in [4.78, 5) is 11.3. The zero-order valence-corrected chi connectivity index (χ0v) is 13.6. The molecule has 1 aromatic carbocycles. The van der Waals surface area contributed by atoms with Gasteiger partial charge in [-0.05, 0) is 42.9 Å². The van der Waals surface area contributed by atoms with E-state index in [9.17, 15) is 13.2 Å². The van der Waals surface area contributed by atoms with E-state index >= 15 is 0 Å². The standard InChI is InChI=1S/C15H20N2.C2HF3O2/c1-3-16(4-2)13-14-7-9-15(10-8-14)17-11-5-6-12-17;3-2(4,5)1(6)7/h5-12H,3-4,13H2,1-2H3;(H,6,7). The summed E-state index contributed by atoms with van der Waals surface area (Å²) in [6, 6.07) is 12.9. The minimum absolute atomic E-state index is 1.04. The molecule has 0 aliphatic heterocycles. The van der Waals surface area contributed by atoms with Crippen LogP contribution >= 0.6 is 0 Å². The maximum Gasteiger partial charge on any atom is 0.490 e. The largest absolute Gasteiger partial charge is 0.490 e. The van der Waals surface area contributed by atoms with E-state index in [-0.39, 0.29) is 0 Å². The van der Waals surface area contributed by atoms with E-state index in [1.165, 1.54) is 11.3 Å². The van der Waals surface area contributed by atoms with Crippen molar-refractivity contribution in [3.05, 3.63) is 54.4 Å². The zero-order valence-electron chi connectivity index (χ0n) is 13.6. The number of benzene rings is 1. The quantitative estimate of drug-likeness (QED) is 0.895. The third-order valence-electron chi connectivity index (χ3n) is 3.38. The predicted octanol–water partition coefficient (Wildman–Crippen LogP) is 3.95. The summed E-state index contributed by atoms with van der Waals surface area (Å²) in [6.45, 7) is 7.67. The lowest BCUT2D eigenvalue weighted by Gasteiger charge is -2.18. The third kappa shape index (κ3) is 6.45. The van der Waals surface area contributed by atoms with Crippen LogP contribution in [0.25, 0.3) is 5.69 Å². The molecule has 4 nitrogen and oxygen atoms in total. The number of carbonyl (C=O) groups is 1. The molecule has 0 radical (unpaired) electrons. The second-order valence-electron chi connectivity index (χ2n) is 5.02. The summed E-state index contributed by atoms with van der Waals surface area (Å²) < 4.78 is 33.9. The Morgan fingerprint density at radius 1 is 1.08 bits per heavy atom. The van der Waals surface area contributed by atoms with Crippen LogP contribution in [-0.2, 0) is 11.3 Å². The highest BCUT2D eigenvalue weighted by Gasteiger charge is 2.38.